The Morgan fingerprint density at radius 1 is 1.35 bits per heavy atom. The maximum absolute atomic E-state index is 10.7. The van der Waals surface area contributed by atoms with Gasteiger partial charge < -0.3 is 5.73 Å². The number of hydrogen-bond acceptors (Lipinski definition) is 4. The molecule has 0 saturated carbocycles. The van der Waals surface area contributed by atoms with Gasteiger partial charge in [-0.25, -0.2) is 0 Å². The standard InChI is InChI=1S/C14H13ClN2O2S/c1-9-13(16)3-2-4-14(9)20-8-10-5-6-11(17(18)19)7-12(10)15/h2-7H,8,16H2,1H3. The van der Waals surface area contributed by atoms with Gasteiger partial charge in [0.25, 0.3) is 5.69 Å². The van der Waals surface area contributed by atoms with Gasteiger partial charge in [-0.1, -0.05) is 17.7 Å². The predicted molar refractivity (Wildman–Crippen MR) is 83.3 cm³/mol. The Bertz CT molecular complexity index is 662. The highest BCUT2D eigenvalue weighted by molar-refractivity contribution is 7.98. The van der Waals surface area contributed by atoms with E-state index in [1.54, 1.807) is 17.8 Å². The molecule has 104 valence electrons. The van der Waals surface area contributed by atoms with Gasteiger partial charge in [0.1, 0.15) is 0 Å². The van der Waals surface area contributed by atoms with Crippen molar-refractivity contribution in [3.05, 3.63) is 62.7 Å². The van der Waals surface area contributed by atoms with E-state index in [0.717, 1.165) is 21.7 Å². The van der Waals surface area contributed by atoms with Gasteiger partial charge in [0.2, 0.25) is 0 Å². The molecule has 2 rings (SSSR count). The third kappa shape index (κ3) is 3.23. The Hall–Kier alpha value is -1.72. The third-order valence-corrected chi connectivity index (χ3v) is 4.52. The summed E-state index contributed by atoms with van der Waals surface area (Å²) in [5.74, 6) is 0.640. The molecule has 0 radical (unpaired) electrons. The molecular formula is C14H13ClN2O2S. The number of anilines is 1. The summed E-state index contributed by atoms with van der Waals surface area (Å²) in [5.41, 5.74) is 8.52. The van der Waals surface area contributed by atoms with Crippen molar-refractivity contribution in [2.45, 2.75) is 17.6 Å². The van der Waals surface area contributed by atoms with Crippen LogP contribution in [0.2, 0.25) is 5.02 Å². The topological polar surface area (TPSA) is 69.2 Å². The average Bonchev–Trinajstić information content (AvgIpc) is 2.41. The molecule has 0 aromatic heterocycles. The van der Waals surface area contributed by atoms with Crippen molar-refractivity contribution in [1.29, 1.82) is 0 Å². The van der Waals surface area contributed by atoms with E-state index >= 15 is 0 Å². The second-order valence-electron chi connectivity index (χ2n) is 4.29. The molecule has 0 aliphatic heterocycles. The van der Waals surface area contributed by atoms with Gasteiger partial charge in [0, 0.05) is 28.5 Å². The number of hydrogen-bond donors (Lipinski definition) is 1. The molecule has 0 bridgehead atoms. The second kappa shape index (κ2) is 6.15. The zero-order valence-electron chi connectivity index (χ0n) is 10.8. The number of nitro groups is 1. The molecule has 0 unspecified atom stereocenters. The number of nitrogens with zero attached hydrogens (tertiary/aromatic N) is 1. The minimum atomic E-state index is -0.454. The maximum atomic E-state index is 10.7. The number of thioether (sulfide) groups is 1. The molecule has 0 spiro atoms. The molecule has 2 aromatic rings. The Labute approximate surface area is 126 Å². The molecular weight excluding hydrogens is 296 g/mol. The van der Waals surface area contributed by atoms with Crippen molar-refractivity contribution in [3.8, 4) is 0 Å². The van der Waals surface area contributed by atoms with Crippen LogP contribution in [0.4, 0.5) is 11.4 Å². The van der Waals surface area contributed by atoms with Crippen LogP contribution in [0.1, 0.15) is 11.1 Å². The van der Waals surface area contributed by atoms with Crippen LogP contribution in [0.15, 0.2) is 41.3 Å². The summed E-state index contributed by atoms with van der Waals surface area (Å²) < 4.78 is 0. The first-order valence-corrected chi connectivity index (χ1v) is 7.26. The van der Waals surface area contributed by atoms with Gasteiger partial charge in [0.15, 0.2) is 0 Å². The second-order valence-corrected chi connectivity index (χ2v) is 5.72. The highest BCUT2D eigenvalue weighted by Gasteiger charge is 2.10. The van der Waals surface area contributed by atoms with Crippen molar-refractivity contribution in [2.24, 2.45) is 0 Å². The number of rotatable bonds is 4. The van der Waals surface area contributed by atoms with Crippen LogP contribution in [0.3, 0.4) is 0 Å². The first-order valence-electron chi connectivity index (χ1n) is 5.89. The van der Waals surface area contributed by atoms with Crippen LogP contribution in [0.25, 0.3) is 0 Å². The quantitative estimate of drug-likeness (QED) is 0.392. The van der Waals surface area contributed by atoms with Gasteiger partial charge in [0.05, 0.1) is 9.95 Å². The van der Waals surface area contributed by atoms with Gasteiger partial charge in [-0.2, -0.15) is 0 Å². The molecule has 20 heavy (non-hydrogen) atoms. The molecule has 6 heteroatoms. The Morgan fingerprint density at radius 3 is 2.75 bits per heavy atom. The maximum Gasteiger partial charge on any atom is 0.270 e. The van der Waals surface area contributed by atoms with E-state index in [4.69, 9.17) is 17.3 Å². The van der Waals surface area contributed by atoms with Crippen molar-refractivity contribution in [2.75, 3.05) is 5.73 Å². The van der Waals surface area contributed by atoms with Gasteiger partial charge in [-0.15, -0.1) is 11.8 Å². The van der Waals surface area contributed by atoms with Gasteiger partial charge >= 0.3 is 0 Å². The lowest BCUT2D eigenvalue weighted by Crippen LogP contribution is -1.92. The molecule has 2 aromatic carbocycles. The number of benzene rings is 2. The number of nitrogen functional groups attached to an aromatic ring is 1. The molecule has 0 aliphatic rings. The lowest BCUT2D eigenvalue weighted by molar-refractivity contribution is -0.384. The Morgan fingerprint density at radius 2 is 2.10 bits per heavy atom. The fourth-order valence-corrected chi connectivity index (χ4v) is 3.10. The summed E-state index contributed by atoms with van der Waals surface area (Å²) in [6.45, 7) is 1.97. The van der Waals surface area contributed by atoms with Crippen molar-refractivity contribution in [1.82, 2.24) is 0 Å². The number of non-ortho nitro benzene ring substituents is 1. The molecule has 0 fully saturated rings. The first-order chi connectivity index (χ1) is 9.49. The van der Waals surface area contributed by atoms with Crippen molar-refractivity contribution < 1.29 is 4.92 Å². The Balaban J connectivity index is 2.15. The lowest BCUT2D eigenvalue weighted by Gasteiger charge is -2.08. The highest BCUT2D eigenvalue weighted by atomic mass is 35.5. The van der Waals surface area contributed by atoms with Crippen LogP contribution in [0.5, 0.6) is 0 Å². The summed E-state index contributed by atoms with van der Waals surface area (Å²) in [7, 11) is 0. The van der Waals surface area contributed by atoms with E-state index in [0.29, 0.717) is 10.8 Å². The fraction of sp³-hybridized carbons (Fsp3) is 0.143. The normalized spacial score (nSPS) is 10.5. The molecule has 0 heterocycles. The van der Waals surface area contributed by atoms with E-state index in [-0.39, 0.29) is 5.69 Å². The molecule has 0 saturated heterocycles. The summed E-state index contributed by atoms with van der Waals surface area (Å²) >= 11 is 7.68. The SMILES string of the molecule is Cc1c(N)cccc1SCc1ccc([N+](=O)[O-])cc1Cl. The van der Waals surface area contributed by atoms with Crippen LogP contribution in [-0.2, 0) is 5.75 Å². The smallest absolute Gasteiger partial charge is 0.270 e. The monoisotopic (exact) mass is 308 g/mol. The summed E-state index contributed by atoms with van der Waals surface area (Å²) in [6.07, 6.45) is 0. The first kappa shape index (κ1) is 14.7. The zero-order chi connectivity index (χ0) is 14.7. The summed E-state index contributed by atoms with van der Waals surface area (Å²) in [4.78, 5) is 11.3. The summed E-state index contributed by atoms with van der Waals surface area (Å²) in [6, 6.07) is 10.3. The molecule has 4 nitrogen and oxygen atoms in total. The molecule has 2 N–H and O–H groups in total. The van der Waals surface area contributed by atoms with E-state index in [1.165, 1.54) is 12.1 Å². The van der Waals surface area contributed by atoms with E-state index in [1.807, 2.05) is 25.1 Å². The van der Waals surface area contributed by atoms with E-state index in [9.17, 15) is 10.1 Å². The van der Waals surface area contributed by atoms with Gasteiger partial charge in [-0.3, -0.25) is 10.1 Å². The van der Waals surface area contributed by atoms with Crippen LogP contribution < -0.4 is 5.73 Å². The lowest BCUT2D eigenvalue weighted by atomic mass is 10.2. The minimum Gasteiger partial charge on any atom is -0.398 e. The number of nitrogens with two attached hydrogens (primary N) is 1. The number of nitro benzene ring substituents is 1. The van der Waals surface area contributed by atoms with Crippen LogP contribution >= 0.6 is 23.4 Å². The van der Waals surface area contributed by atoms with Crippen LogP contribution in [0, 0.1) is 17.0 Å². The average molecular weight is 309 g/mol. The molecule has 0 aliphatic carbocycles. The summed E-state index contributed by atoms with van der Waals surface area (Å²) in [5, 5.41) is 11.1. The van der Waals surface area contributed by atoms with Gasteiger partial charge in [-0.05, 0) is 36.2 Å². The molecule has 0 amide bonds. The minimum absolute atomic E-state index is 0.00360. The van der Waals surface area contributed by atoms with E-state index < -0.39 is 4.92 Å². The Kier molecular flexibility index (Phi) is 4.52. The van der Waals surface area contributed by atoms with Crippen molar-refractivity contribution in [3.63, 3.8) is 0 Å². The largest absolute Gasteiger partial charge is 0.398 e. The number of halogens is 1. The predicted octanol–water partition coefficient (Wildman–Crippen LogP) is 4.43. The highest BCUT2D eigenvalue weighted by Crippen LogP contribution is 2.32. The zero-order valence-corrected chi connectivity index (χ0v) is 12.4. The van der Waals surface area contributed by atoms with Crippen LogP contribution in [-0.4, -0.2) is 4.92 Å². The van der Waals surface area contributed by atoms with Crippen molar-refractivity contribution >= 4 is 34.7 Å². The fourth-order valence-electron chi connectivity index (χ4n) is 1.71. The third-order valence-electron chi connectivity index (χ3n) is 2.96. The van der Waals surface area contributed by atoms with E-state index in [2.05, 4.69) is 0 Å². The molecule has 0 atom stereocenters.